The number of aromatic hydroxyl groups is 2. The van der Waals surface area contributed by atoms with Crippen molar-refractivity contribution < 1.29 is 90.1 Å². The lowest BCUT2D eigenvalue weighted by atomic mass is 9.75. The van der Waals surface area contributed by atoms with Gasteiger partial charge in [0.1, 0.15) is 23.8 Å². The minimum atomic E-state index is -4.73. The molecule has 0 bridgehead atoms. The summed E-state index contributed by atoms with van der Waals surface area (Å²) in [6, 6.07) is 19.0. The number of methoxy groups -OCH3 is 2. The zero-order valence-electron chi connectivity index (χ0n) is 44.3. The Morgan fingerprint density at radius 2 is 1.43 bits per heavy atom. The predicted octanol–water partition coefficient (Wildman–Crippen LogP) is 6.50. The third kappa shape index (κ3) is 14.7. The molecule has 80 heavy (non-hydrogen) atoms. The number of allylic oxidation sites excluding steroid dienone is 7. The SMILES string of the molecule is COCCC1(CCOC)C=C(CS(=O)(=O)OC)c2cc3c(cc2N1CCCS(=O)(=O)O)OC(c1ccccc1)=CC3=CC=CC=CC1=[N+](CCCS(=O)(=O)O)c2ccc(S(=O)(=O)O)cc2C1(C)CCCC(=O)On1c(O)ccc1O. The van der Waals surface area contributed by atoms with E-state index in [9.17, 15) is 62.3 Å². The number of benzene rings is 3. The molecule has 1 unspecified atom stereocenters. The highest BCUT2D eigenvalue weighted by atomic mass is 32.2. The van der Waals surface area contributed by atoms with Crippen LogP contribution in [0.3, 0.4) is 0 Å². The van der Waals surface area contributed by atoms with Gasteiger partial charge in [0.2, 0.25) is 17.4 Å². The molecule has 5 N–H and O–H groups in total. The van der Waals surface area contributed by atoms with E-state index in [1.807, 2.05) is 47.4 Å². The van der Waals surface area contributed by atoms with Gasteiger partial charge in [-0.2, -0.15) is 38.2 Å². The van der Waals surface area contributed by atoms with Gasteiger partial charge in [-0.1, -0.05) is 60.7 Å². The molecular weight excluding hydrogens is 1120 g/mol. The summed E-state index contributed by atoms with van der Waals surface area (Å²) in [5.74, 6) is -2.74. The van der Waals surface area contributed by atoms with Crippen LogP contribution in [0.25, 0.3) is 16.9 Å². The number of rotatable bonds is 27. The molecule has 0 spiro atoms. The normalized spacial score (nSPS) is 17.8. The second-order valence-corrected chi connectivity index (χ2v) is 25.8. The molecular formula is C54H64N3O19S4+. The van der Waals surface area contributed by atoms with E-state index in [-0.39, 0.29) is 58.4 Å². The van der Waals surface area contributed by atoms with Gasteiger partial charge in [-0.15, -0.1) is 4.73 Å². The Balaban J connectivity index is 1.34. The number of hydrogen-bond donors (Lipinski definition) is 5. The fourth-order valence-electron chi connectivity index (χ4n) is 10.2. The summed E-state index contributed by atoms with van der Waals surface area (Å²) < 4.78 is 154. The van der Waals surface area contributed by atoms with Crippen LogP contribution in [0.4, 0.5) is 11.4 Å². The molecule has 3 aliphatic rings. The van der Waals surface area contributed by atoms with Gasteiger partial charge < -0.3 is 34.2 Å². The van der Waals surface area contributed by atoms with Crippen LogP contribution in [0, 0.1) is 0 Å². The Bertz CT molecular complexity index is 3610. The number of anilines is 1. The highest BCUT2D eigenvalue weighted by molar-refractivity contribution is 7.87. The third-order valence-corrected chi connectivity index (χ3v) is 17.7. The molecule has 4 aromatic rings. The van der Waals surface area contributed by atoms with E-state index in [1.54, 1.807) is 54.0 Å². The molecule has 0 aliphatic carbocycles. The largest absolute Gasteiger partial charge is 0.492 e. The molecule has 0 saturated carbocycles. The van der Waals surface area contributed by atoms with Crippen molar-refractivity contribution in [3.63, 3.8) is 0 Å². The van der Waals surface area contributed by atoms with Crippen LogP contribution in [0.1, 0.15) is 74.1 Å². The third-order valence-electron chi connectivity index (χ3n) is 14.0. The van der Waals surface area contributed by atoms with Crippen LogP contribution in [0.15, 0.2) is 120 Å². The minimum absolute atomic E-state index is 0.00380. The topological polar surface area (TPSA) is 312 Å². The summed E-state index contributed by atoms with van der Waals surface area (Å²) in [4.78, 5) is 19.7. The average molecular weight is 1190 g/mol. The van der Waals surface area contributed by atoms with Crippen molar-refractivity contribution in [1.82, 2.24) is 4.73 Å². The summed E-state index contributed by atoms with van der Waals surface area (Å²) in [5.41, 5.74) is 2.54. The lowest BCUT2D eigenvalue weighted by molar-refractivity contribution is -0.437. The van der Waals surface area contributed by atoms with Crippen molar-refractivity contribution in [2.75, 3.05) is 69.8 Å². The van der Waals surface area contributed by atoms with Gasteiger partial charge in [0.15, 0.2) is 5.71 Å². The molecule has 22 nitrogen and oxygen atoms in total. The summed E-state index contributed by atoms with van der Waals surface area (Å²) in [6.07, 6.45) is 12.9. The first-order chi connectivity index (χ1) is 37.7. The molecule has 7 rings (SSSR count). The number of hydrogen-bond acceptors (Lipinski definition) is 17. The van der Waals surface area contributed by atoms with Crippen molar-refractivity contribution in [3.05, 3.63) is 138 Å². The Labute approximate surface area is 465 Å². The summed E-state index contributed by atoms with van der Waals surface area (Å²) in [6.45, 7) is 2.35. The Kier molecular flexibility index (Phi) is 19.2. The van der Waals surface area contributed by atoms with Crippen LogP contribution in [-0.4, -0.2) is 149 Å². The fraction of sp³-hybridized carbons (Fsp3) is 0.370. The molecule has 3 aromatic carbocycles. The fourth-order valence-corrected chi connectivity index (χ4v) is 12.5. The maximum absolute atomic E-state index is 13.4. The molecule has 0 amide bonds. The second-order valence-electron chi connectivity index (χ2n) is 19.5. The van der Waals surface area contributed by atoms with E-state index in [0.29, 0.717) is 79.6 Å². The molecule has 26 heteroatoms. The monoisotopic (exact) mass is 1190 g/mol. The van der Waals surface area contributed by atoms with Gasteiger partial charge in [0.25, 0.3) is 40.5 Å². The molecule has 432 valence electrons. The van der Waals surface area contributed by atoms with Crippen molar-refractivity contribution in [3.8, 4) is 17.5 Å². The Morgan fingerprint density at radius 1 is 0.762 bits per heavy atom. The van der Waals surface area contributed by atoms with Crippen LogP contribution >= 0.6 is 0 Å². The summed E-state index contributed by atoms with van der Waals surface area (Å²) in [7, 11) is -13.5. The average Bonchev–Trinajstić information content (AvgIpc) is 3.86. The standard InChI is InChI=1S/C54H63N3O19S4/c1-53(23-11-18-52(60)76-57-50(58)21-22-51(57)59)44-33-41(80(69,70)71)19-20-45(44)55(26-12-30-77(61,62)63)49(53)17-10-6-9-16-39-32-47(38-14-7-5-8-15-38)75-48-35-46-42(34-43(39)48)40(37-79(67,68)74-4)36-54(24-28-72-2,25-29-73-3)56(46)27-13-31-78(64,65)66/h5-10,14-17,19-22,32-36H,11-13,18,23-31,37H2,1-4H3,(H4-,58,59,61,62,63,64,65,66,69,70,71)/p+1. The molecule has 3 aliphatic heterocycles. The number of carbonyl (C=O) groups is 1. The Morgan fingerprint density at radius 3 is 2.05 bits per heavy atom. The van der Waals surface area contributed by atoms with Gasteiger partial charge >= 0.3 is 5.97 Å². The maximum atomic E-state index is 13.4. The molecule has 1 aromatic heterocycles. The summed E-state index contributed by atoms with van der Waals surface area (Å²) in [5, 5.41) is 20.0. The van der Waals surface area contributed by atoms with E-state index in [2.05, 4.69) is 0 Å². The van der Waals surface area contributed by atoms with Gasteiger partial charge in [-0.05, 0) is 74.4 Å². The molecule has 0 fully saturated rings. The number of fused-ring (bicyclic) bond motifs is 3. The van der Waals surface area contributed by atoms with E-state index in [4.69, 9.17) is 23.2 Å². The van der Waals surface area contributed by atoms with Crippen LogP contribution in [-0.2, 0) is 64.3 Å². The molecule has 1 atom stereocenters. The smallest absolute Gasteiger partial charge is 0.333 e. The molecule has 0 radical (unpaired) electrons. The zero-order valence-corrected chi connectivity index (χ0v) is 47.6. The molecule has 0 saturated heterocycles. The second kappa shape index (κ2) is 25.1. The van der Waals surface area contributed by atoms with E-state index < -0.39 is 91.3 Å². The number of ether oxygens (including phenoxy) is 3. The first-order valence-corrected chi connectivity index (χ1v) is 31.4. The lowest BCUT2D eigenvalue weighted by Crippen LogP contribution is -2.52. The Hall–Kier alpha value is -6.46. The minimum Gasteiger partial charge on any atom is -0.492 e. The van der Waals surface area contributed by atoms with Crippen molar-refractivity contribution >= 4 is 80.4 Å². The van der Waals surface area contributed by atoms with Crippen LogP contribution in [0.5, 0.6) is 17.5 Å². The first-order valence-electron chi connectivity index (χ1n) is 25.1. The van der Waals surface area contributed by atoms with Crippen molar-refractivity contribution in [2.24, 2.45) is 0 Å². The number of aromatic nitrogens is 1. The first kappa shape index (κ1) is 61.2. The van der Waals surface area contributed by atoms with Crippen molar-refractivity contribution in [2.45, 2.75) is 67.7 Å². The van der Waals surface area contributed by atoms with Crippen molar-refractivity contribution in [1.29, 1.82) is 0 Å². The van der Waals surface area contributed by atoms with E-state index in [1.165, 1.54) is 32.4 Å². The van der Waals surface area contributed by atoms with Crippen LogP contribution in [0.2, 0.25) is 0 Å². The van der Waals surface area contributed by atoms with E-state index >= 15 is 0 Å². The predicted molar refractivity (Wildman–Crippen MR) is 298 cm³/mol. The zero-order chi connectivity index (χ0) is 58.3. The van der Waals surface area contributed by atoms with Gasteiger partial charge in [-0.25, -0.2) is 4.79 Å². The number of nitrogens with zero attached hydrogens (tertiary/aromatic N) is 3. The van der Waals surface area contributed by atoms with Gasteiger partial charge in [-0.3, -0.25) is 17.8 Å². The maximum Gasteiger partial charge on any atom is 0.333 e. The quantitative estimate of drug-likeness (QED) is 0.0184. The molecule has 4 heterocycles. The van der Waals surface area contributed by atoms with E-state index in [0.717, 1.165) is 19.2 Å². The van der Waals surface area contributed by atoms with Gasteiger partial charge in [0, 0.05) is 105 Å². The number of carbonyl (C=O) groups excluding carboxylic acids is 1. The van der Waals surface area contributed by atoms with Crippen LogP contribution < -0.4 is 14.5 Å². The highest BCUT2D eigenvalue weighted by Gasteiger charge is 2.48. The highest BCUT2D eigenvalue weighted by Crippen LogP contribution is 2.49. The summed E-state index contributed by atoms with van der Waals surface area (Å²) >= 11 is 0. The lowest BCUT2D eigenvalue weighted by Gasteiger charge is -2.48. The van der Waals surface area contributed by atoms with Gasteiger partial charge in [0.05, 0.1) is 34.5 Å².